The molecule has 0 spiro atoms. The monoisotopic (exact) mass is 249 g/mol. The van der Waals surface area contributed by atoms with Crippen molar-refractivity contribution in [3.05, 3.63) is 23.8 Å². The molecule has 18 heavy (non-hydrogen) atoms. The average Bonchev–Trinajstić information content (AvgIpc) is 2.89. The molecular weight excluding hydrogens is 230 g/mol. The summed E-state index contributed by atoms with van der Waals surface area (Å²) in [6, 6.07) is 5.26. The van der Waals surface area contributed by atoms with Gasteiger partial charge in [0, 0.05) is 25.8 Å². The molecule has 0 bridgehead atoms. The van der Waals surface area contributed by atoms with E-state index in [0.29, 0.717) is 11.3 Å². The van der Waals surface area contributed by atoms with Gasteiger partial charge in [-0.1, -0.05) is 0 Å². The molecule has 1 aromatic carbocycles. The van der Waals surface area contributed by atoms with Crippen LogP contribution in [0, 0.1) is 0 Å². The molecule has 4 N–H and O–H groups in total. The standard InChI is InChI=1S/C13H19N3O2/c1-15-13(17)9-4-5-12(11(14)7-9)16-8-10-3-2-6-18-10/h4-5,7,10,16H,2-3,6,8,14H2,1H3,(H,15,17). The zero-order valence-electron chi connectivity index (χ0n) is 10.5. The summed E-state index contributed by atoms with van der Waals surface area (Å²) in [7, 11) is 1.60. The van der Waals surface area contributed by atoms with Gasteiger partial charge in [0.2, 0.25) is 0 Å². The molecule has 1 fully saturated rings. The van der Waals surface area contributed by atoms with E-state index in [1.165, 1.54) is 0 Å². The Morgan fingerprint density at radius 3 is 3.00 bits per heavy atom. The molecule has 1 saturated heterocycles. The Bertz CT molecular complexity index is 428. The van der Waals surface area contributed by atoms with Crippen molar-refractivity contribution in [2.75, 3.05) is 31.2 Å². The minimum atomic E-state index is -0.132. The highest BCUT2D eigenvalue weighted by Crippen LogP contribution is 2.21. The Morgan fingerprint density at radius 2 is 2.39 bits per heavy atom. The second-order valence-electron chi connectivity index (χ2n) is 4.40. The van der Waals surface area contributed by atoms with Gasteiger partial charge >= 0.3 is 0 Å². The molecule has 1 aliphatic heterocycles. The molecule has 0 radical (unpaired) electrons. The Labute approximate surface area is 107 Å². The number of nitrogens with one attached hydrogen (secondary N) is 2. The van der Waals surface area contributed by atoms with Gasteiger partial charge in [-0.2, -0.15) is 0 Å². The second kappa shape index (κ2) is 5.73. The average molecular weight is 249 g/mol. The third-order valence-corrected chi connectivity index (χ3v) is 3.08. The lowest BCUT2D eigenvalue weighted by Crippen LogP contribution is -2.20. The van der Waals surface area contributed by atoms with E-state index in [0.717, 1.165) is 31.7 Å². The van der Waals surface area contributed by atoms with Crippen LogP contribution in [0.25, 0.3) is 0 Å². The maximum absolute atomic E-state index is 11.4. The maximum atomic E-state index is 11.4. The number of anilines is 2. The molecule has 1 heterocycles. The number of nitrogens with two attached hydrogens (primary N) is 1. The number of amides is 1. The van der Waals surface area contributed by atoms with Crippen LogP contribution >= 0.6 is 0 Å². The van der Waals surface area contributed by atoms with Gasteiger partial charge in [0.1, 0.15) is 0 Å². The third-order valence-electron chi connectivity index (χ3n) is 3.08. The van der Waals surface area contributed by atoms with Gasteiger partial charge in [-0.15, -0.1) is 0 Å². The largest absolute Gasteiger partial charge is 0.397 e. The first-order chi connectivity index (χ1) is 8.70. The van der Waals surface area contributed by atoms with Gasteiger partial charge in [-0.25, -0.2) is 0 Å². The van der Waals surface area contributed by atoms with Crippen molar-refractivity contribution < 1.29 is 9.53 Å². The van der Waals surface area contributed by atoms with Crippen molar-refractivity contribution in [3.63, 3.8) is 0 Å². The van der Waals surface area contributed by atoms with Gasteiger partial charge in [0.25, 0.3) is 5.91 Å². The zero-order chi connectivity index (χ0) is 13.0. The number of rotatable bonds is 4. The predicted octanol–water partition coefficient (Wildman–Crippen LogP) is 1.22. The zero-order valence-corrected chi connectivity index (χ0v) is 10.5. The summed E-state index contributed by atoms with van der Waals surface area (Å²) < 4.78 is 5.53. The maximum Gasteiger partial charge on any atom is 0.251 e. The van der Waals surface area contributed by atoms with Crippen LogP contribution in [-0.4, -0.2) is 32.2 Å². The van der Waals surface area contributed by atoms with E-state index in [2.05, 4.69) is 10.6 Å². The van der Waals surface area contributed by atoms with Crippen LogP contribution in [-0.2, 0) is 4.74 Å². The highest BCUT2D eigenvalue weighted by atomic mass is 16.5. The summed E-state index contributed by atoms with van der Waals surface area (Å²) in [5, 5.41) is 5.83. The van der Waals surface area contributed by atoms with Crippen LogP contribution in [0.4, 0.5) is 11.4 Å². The van der Waals surface area contributed by atoms with Crippen LogP contribution in [0.2, 0.25) is 0 Å². The highest BCUT2D eigenvalue weighted by molar-refractivity contribution is 5.95. The van der Waals surface area contributed by atoms with Crippen LogP contribution < -0.4 is 16.4 Å². The van der Waals surface area contributed by atoms with Gasteiger partial charge in [-0.3, -0.25) is 4.79 Å². The smallest absolute Gasteiger partial charge is 0.251 e. The number of benzene rings is 1. The molecule has 5 heteroatoms. The molecule has 0 saturated carbocycles. The lowest BCUT2D eigenvalue weighted by molar-refractivity contribution is 0.0963. The molecular formula is C13H19N3O2. The lowest BCUT2D eigenvalue weighted by atomic mass is 10.1. The number of ether oxygens (including phenoxy) is 1. The van der Waals surface area contributed by atoms with Crippen LogP contribution in [0.3, 0.4) is 0 Å². The third kappa shape index (κ3) is 2.92. The van der Waals surface area contributed by atoms with Crippen LogP contribution in [0.5, 0.6) is 0 Å². The Hall–Kier alpha value is -1.75. The fraction of sp³-hybridized carbons (Fsp3) is 0.462. The molecule has 1 amide bonds. The number of carbonyl (C=O) groups excluding carboxylic acids is 1. The van der Waals surface area contributed by atoms with Gasteiger partial charge in [0.05, 0.1) is 17.5 Å². The number of nitrogen functional groups attached to an aromatic ring is 1. The normalized spacial score (nSPS) is 18.6. The van der Waals surface area contributed by atoms with E-state index < -0.39 is 0 Å². The van der Waals surface area contributed by atoms with E-state index in [4.69, 9.17) is 10.5 Å². The molecule has 0 aliphatic carbocycles. The number of hydrogen-bond acceptors (Lipinski definition) is 4. The van der Waals surface area contributed by atoms with Gasteiger partial charge in [0.15, 0.2) is 0 Å². The molecule has 2 rings (SSSR count). The fourth-order valence-electron chi connectivity index (χ4n) is 2.04. The summed E-state index contributed by atoms with van der Waals surface area (Å²) in [6.45, 7) is 1.60. The molecule has 5 nitrogen and oxygen atoms in total. The predicted molar refractivity (Wildman–Crippen MR) is 71.7 cm³/mol. The SMILES string of the molecule is CNC(=O)c1ccc(NCC2CCCO2)c(N)c1. The molecule has 98 valence electrons. The Balaban J connectivity index is 1.98. The van der Waals surface area contributed by atoms with E-state index in [9.17, 15) is 4.79 Å². The van der Waals surface area contributed by atoms with E-state index in [1.54, 1.807) is 19.2 Å². The van der Waals surface area contributed by atoms with Crippen molar-refractivity contribution >= 4 is 17.3 Å². The number of hydrogen-bond donors (Lipinski definition) is 3. The summed E-state index contributed by atoms with van der Waals surface area (Å²) in [5.41, 5.74) is 7.91. The Kier molecular flexibility index (Phi) is 4.04. The summed E-state index contributed by atoms with van der Waals surface area (Å²) in [5.74, 6) is -0.132. The van der Waals surface area contributed by atoms with Crippen molar-refractivity contribution in [1.29, 1.82) is 0 Å². The molecule has 1 unspecified atom stereocenters. The molecule has 0 aromatic heterocycles. The van der Waals surface area contributed by atoms with E-state index in [1.807, 2.05) is 6.07 Å². The summed E-state index contributed by atoms with van der Waals surface area (Å²) in [4.78, 5) is 11.4. The first-order valence-electron chi connectivity index (χ1n) is 6.18. The quantitative estimate of drug-likeness (QED) is 0.701. The van der Waals surface area contributed by atoms with Crippen molar-refractivity contribution in [3.8, 4) is 0 Å². The van der Waals surface area contributed by atoms with E-state index >= 15 is 0 Å². The van der Waals surface area contributed by atoms with E-state index in [-0.39, 0.29) is 12.0 Å². The van der Waals surface area contributed by atoms with Crippen molar-refractivity contribution in [1.82, 2.24) is 5.32 Å². The fourth-order valence-corrected chi connectivity index (χ4v) is 2.04. The highest BCUT2D eigenvalue weighted by Gasteiger charge is 2.15. The summed E-state index contributed by atoms with van der Waals surface area (Å²) >= 11 is 0. The Morgan fingerprint density at radius 1 is 1.56 bits per heavy atom. The number of carbonyl (C=O) groups is 1. The van der Waals surface area contributed by atoms with Gasteiger partial charge < -0.3 is 21.1 Å². The molecule has 1 aliphatic rings. The van der Waals surface area contributed by atoms with Gasteiger partial charge in [-0.05, 0) is 31.0 Å². The molecule has 1 aromatic rings. The minimum absolute atomic E-state index is 0.132. The van der Waals surface area contributed by atoms with Crippen molar-refractivity contribution in [2.45, 2.75) is 18.9 Å². The second-order valence-corrected chi connectivity index (χ2v) is 4.40. The minimum Gasteiger partial charge on any atom is -0.397 e. The van der Waals surface area contributed by atoms with Crippen LogP contribution in [0.1, 0.15) is 23.2 Å². The summed E-state index contributed by atoms with van der Waals surface area (Å²) in [6.07, 6.45) is 2.48. The topological polar surface area (TPSA) is 76.4 Å². The van der Waals surface area contributed by atoms with Crippen molar-refractivity contribution in [2.24, 2.45) is 0 Å². The lowest BCUT2D eigenvalue weighted by Gasteiger charge is -2.14. The molecule has 1 atom stereocenters. The van der Waals surface area contributed by atoms with Crippen LogP contribution in [0.15, 0.2) is 18.2 Å². The first kappa shape index (κ1) is 12.7. The first-order valence-corrected chi connectivity index (χ1v) is 6.18.